The summed E-state index contributed by atoms with van der Waals surface area (Å²) in [6.07, 6.45) is 3.02. The van der Waals surface area contributed by atoms with Crippen LogP contribution in [0.1, 0.15) is 11.6 Å². The summed E-state index contributed by atoms with van der Waals surface area (Å²) in [5.74, 6) is 0. The fraction of sp³-hybridized carbons (Fsp3) is 0.375. The van der Waals surface area contributed by atoms with Crippen LogP contribution in [0.25, 0.3) is 0 Å². The molecule has 2 N–H and O–H groups in total. The number of hydrogen-bond acceptors (Lipinski definition) is 3. The van der Waals surface area contributed by atoms with Crippen LogP contribution in [-0.2, 0) is 4.74 Å². The second-order valence-electron chi connectivity index (χ2n) is 2.58. The molecule has 3 nitrogen and oxygen atoms in total. The zero-order valence-corrected chi connectivity index (χ0v) is 8.64. The number of aromatic nitrogens is 1. The molecular weight excluding hydrogens is 211 g/mol. The molecule has 0 spiro atoms. The molecule has 0 amide bonds. The van der Waals surface area contributed by atoms with Gasteiger partial charge in [-0.1, -0.05) is 23.2 Å². The lowest BCUT2D eigenvalue weighted by Crippen LogP contribution is -2.17. The van der Waals surface area contributed by atoms with E-state index in [9.17, 15) is 0 Å². The summed E-state index contributed by atoms with van der Waals surface area (Å²) >= 11 is 11.8. The third kappa shape index (κ3) is 2.54. The lowest BCUT2D eigenvalue weighted by Gasteiger charge is -2.13. The normalized spacial score (nSPS) is 12.9. The number of hydrogen-bond donors (Lipinski definition) is 1. The second-order valence-corrected chi connectivity index (χ2v) is 3.39. The van der Waals surface area contributed by atoms with Gasteiger partial charge in [0.15, 0.2) is 0 Å². The summed E-state index contributed by atoms with van der Waals surface area (Å²) in [4.78, 5) is 3.83. The molecule has 0 fully saturated rings. The molecule has 1 rings (SSSR count). The molecule has 1 atom stereocenters. The molecule has 0 saturated carbocycles. The molecule has 1 aromatic heterocycles. The van der Waals surface area contributed by atoms with Gasteiger partial charge in [-0.15, -0.1) is 0 Å². The fourth-order valence-electron chi connectivity index (χ4n) is 1.04. The van der Waals surface area contributed by atoms with Crippen LogP contribution in [0.5, 0.6) is 0 Å². The highest BCUT2D eigenvalue weighted by atomic mass is 35.5. The third-order valence-electron chi connectivity index (χ3n) is 1.61. The van der Waals surface area contributed by atoms with Crippen LogP contribution in [-0.4, -0.2) is 18.7 Å². The van der Waals surface area contributed by atoms with E-state index in [-0.39, 0.29) is 6.04 Å². The van der Waals surface area contributed by atoms with E-state index in [2.05, 4.69) is 4.98 Å². The molecule has 0 radical (unpaired) electrons. The number of ether oxygens (including phenoxy) is 1. The highest BCUT2D eigenvalue weighted by Crippen LogP contribution is 2.27. The molecule has 72 valence electrons. The standard InChI is InChI=1S/C8H10Cl2N2O/c1-13-4-7(11)8-5(9)2-12-3-6(8)10/h2-3,7H,4,11H2,1H3/t7-/m1/s1. The SMILES string of the molecule is COC[C@@H](N)c1c(Cl)cncc1Cl. The van der Waals surface area contributed by atoms with Crippen molar-refractivity contribution >= 4 is 23.2 Å². The van der Waals surface area contributed by atoms with Crippen LogP contribution in [0, 0.1) is 0 Å². The molecule has 0 unspecified atom stereocenters. The Kier molecular flexibility index (Phi) is 3.93. The fourth-order valence-corrected chi connectivity index (χ4v) is 1.68. The zero-order valence-electron chi connectivity index (χ0n) is 7.13. The van der Waals surface area contributed by atoms with Gasteiger partial charge in [0.1, 0.15) is 0 Å². The molecule has 0 bridgehead atoms. The van der Waals surface area contributed by atoms with Gasteiger partial charge >= 0.3 is 0 Å². The van der Waals surface area contributed by atoms with E-state index in [0.29, 0.717) is 22.2 Å². The van der Waals surface area contributed by atoms with E-state index < -0.39 is 0 Å². The second kappa shape index (κ2) is 4.77. The molecule has 1 heterocycles. The minimum Gasteiger partial charge on any atom is -0.383 e. The Bertz CT molecular complexity index is 273. The summed E-state index contributed by atoms with van der Waals surface area (Å²) in [7, 11) is 1.57. The first kappa shape index (κ1) is 10.7. The van der Waals surface area contributed by atoms with Crippen molar-refractivity contribution in [3.8, 4) is 0 Å². The molecule has 13 heavy (non-hydrogen) atoms. The van der Waals surface area contributed by atoms with Gasteiger partial charge in [0, 0.05) is 25.1 Å². The maximum Gasteiger partial charge on any atom is 0.0656 e. The van der Waals surface area contributed by atoms with E-state index in [1.807, 2.05) is 0 Å². The molecular formula is C8H10Cl2N2O. The molecule has 0 aliphatic carbocycles. The first-order valence-corrected chi connectivity index (χ1v) is 4.45. The third-order valence-corrected chi connectivity index (χ3v) is 2.21. The van der Waals surface area contributed by atoms with Gasteiger partial charge in [0.05, 0.1) is 22.7 Å². The first-order chi connectivity index (χ1) is 6.16. The maximum absolute atomic E-state index is 5.88. The van der Waals surface area contributed by atoms with Gasteiger partial charge in [-0.2, -0.15) is 0 Å². The Morgan fingerprint density at radius 2 is 2.00 bits per heavy atom. The summed E-state index contributed by atoms with van der Waals surface area (Å²) in [5.41, 5.74) is 6.47. The van der Waals surface area contributed by atoms with Crippen LogP contribution >= 0.6 is 23.2 Å². The zero-order chi connectivity index (χ0) is 9.84. The van der Waals surface area contributed by atoms with Crippen molar-refractivity contribution in [3.05, 3.63) is 28.0 Å². The van der Waals surface area contributed by atoms with Crippen molar-refractivity contribution in [2.75, 3.05) is 13.7 Å². The van der Waals surface area contributed by atoms with E-state index >= 15 is 0 Å². The van der Waals surface area contributed by atoms with Crippen molar-refractivity contribution in [3.63, 3.8) is 0 Å². The van der Waals surface area contributed by atoms with Gasteiger partial charge in [-0.25, -0.2) is 0 Å². The summed E-state index contributed by atoms with van der Waals surface area (Å²) in [5, 5.41) is 0.939. The predicted octanol–water partition coefficient (Wildman–Crippen LogP) is 2.03. The van der Waals surface area contributed by atoms with Crippen molar-refractivity contribution in [2.45, 2.75) is 6.04 Å². The van der Waals surface area contributed by atoms with E-state index in [1.54, 1.807) is 7.11 Å². The van der Waals surface area contributed by atoms with Gasteiger partial charge in [0.2, 0.25) is 0 Å². The molecule has 1 aromatic rings. The van der Waals surface area contributed by atoms with Gasteiger partial charge in [-0.3, -0.25) is 4.98 Å². The Hall–Kier alpha value is -0.350. The Balaban J connectivity index is 2.98. The number of methoxy groups -OCH3 is 1. The number of halogens is 2. The van der Waals surface area contributed by atoms with Crippen LogP contribution in [0.3, 0.4) is 0 Å². The quantitative estimate of drug-likeness (QED) is 0.849. The maximum atomic E-state index is 5.88. The van der Waals surface area contributed by atoms with Gasteiger partial charge in [0.25, 0.3) is 0 Å². The van der Waals surface area contributed by atoms with Gasteiger partial charge < -0.3 is 10.5 Å². The van der Waals surface area contributed by atoms with Crippen LogP contribution in [0.4, 0.5) is 0 Å². The first-order valence-electron chi connectivity index (χ1n) is 3.70. The Labute approximate surface area is 86.8 Å². The molecule has 0 aromatic carbocycles. The average molecular weight is 221 g/mol. The molecule has 0 aliphatic rings. The molecule has 0 saturated heterocycles. The van der Waals surface area contributed by atoms with Gasteiger partial charge in [-0.05, 0) is 0 Å². The van der Waals surface area contributed by atoms with Crippen LogP contribution < -0.4 is 5.73 Å². The minimum atomic E-state index is -0.312. The molecule has 5 heteroatoms. The minimum absolute atomic E-state index is 0.312. The predicted molar refractivity (Wildman–Crippen MR) is 53.1 cm³/mol. The largest absolute Gasteiger partial charge is 0.383 e. The Morgan fingerprint density at radius 1 is 1.46 bits per heavy atom. The van der Waals surface area contributed by atoms with E-state index in [1.165, 1.54) is 12.4 Å². The Morgan fingerprint density at radius 3 is 2.46 bits per heavy atom. The summed E-state index contributed by atoms with van der Waals surface area (Å²) in [6.45, 7) is 0.378. The van der Waals surface area contributed by atoms with Crippen molar-refractivity contribution in [2.24, 2.45) is 5.73 Å². The van der Waals surface area contributed by atoms with E-state index in [0.717, 1.165) is 0 Å². The smallest absolute Gasteiger partial charge is 0.0656 e. The molecule has 0 aliphatic heterocycles. The van der Waals surface area contributed by atoms with Crippen molar-refractivity contribution < 1.29 is 4.74 Å². The average Bonchev–Trinajstić information content (AvgIpc) is 2.04. The van der Waals surface area contributed by atoms with Crippen molar-refractivity contribution in [1.29, 1.82) is 0 Å². The summed E-state index contributed by atoms with van der Waals surface area (Å²) in [6, 6.07) is -0.312. The van der Waals surface area contributed by atoms with Crippen molar-refractivity contribution in [1.82, 2.24) is 4.98 Å². The topological polar surface area (TPSA) is 48.1 Å². The lowest BCUT2D eigenvalue weighted by molar-refractivity contribution is 0.181. The lowest BCUT2D eigenvalue weighted by atomic mass is 10.1. The summed E-state index contributed by atoms with van der Waals surface area (Å²) < 4.78 is 4.91. The van der Waals surface area contributed by atoms with E-state index in [4.69, 9.17) is 33.7 Å². The number of nitrogens with two attached hydrogens (primary N) is 1. The highest BCUT2D eigenvalue weighted by Gasteiger charge is 2.13. The van der Waals surface area contributed by atoms with Crippen LogP contribution in [0.15, 0.2) is 12.4 Å². The number of rotatable bonds is 3. The van der Waals surface area contributed by atoms with Crippen LogP contribution in [0.2, 0.25) is 10.0 Å². The number of nitrogens with zero attached hydrogens (tertiary/aromatic N) is 1. The monoisotopic (exact) mass is 220 g/mol. The highest BCUT2D eigenvalue weighted by molar-refractivity contribution is 6.35. The number of pyridine rings is 1.